The number of hydrogen-bond donors (Lipinski definition) is 1. The topological polar surface area (TPSA) is 35.6 Å². The fourth-order valence-electron chi connectivity index (χ4n) is 6.04. The molecule has 39 heavy (non-hydrogen) atoms. The van der Waals surface area contributed by atoms with Crippen LogP contribution in [-0.2, 0) is 6.42 Å². The highest BCUT2D eigenvalue weighted by molar-refractivity contribution is 9.10. The molecule has 1 saturated heterocycles. The molecule has 1 atom stereocenters. The lowest BCUT2D eigenvalue weighted by Crippen LogP contribution is -2.46. The first-order valence-corrected chi connectivity index (χ1v) is 14.7. The number of anilines is 1. The summed E-state index contributed by atoms with van der Waals surface area (Å²) in [6.07, 6.45) is 1.89. The van der Waals surface area contributed by atoms with E-state index in [1.54, 1.807) is 0 Å². The SMILES string of the molecule is O=C1NC(Cc2ccccc2Br)c2ccc(N3CCN(CCC(c4ccccc4)c4ccccc4)CC3)cc21. The standard InChI is InChI=1S/C34H34BrN3O/c35-32-14-8-7-13-27(32)23-33-30-16-15-28(24-31(30)34(39)36-33)38-21-19-37(20-22-38)18-17-29(25-9-3-1-4-10-25)26-11-5-2-6-12-26/h1-16,24,29,33H,17-23H2,(H,36,39). The van der Waals surface area contributed by atoms with Crippen LogP contribution in [0.5, 0.6) is 0 Å². The molecule has 2 aliphatic heterocycles. The molecule has 0 aliphatic carbocycles. The highest BCUT2D eigenvalue weighted by Gasteiger charge is 2.30. The molecular formula is C34H34BrN3O. The van der Waals surface area contributed by atoms with Gasteiger partial charge in [0.1, 0.15) is 0 Å². The predicted octanol–water partition coefficient (Wildman–Crippen LogP) is 6.82. The van der Waals surface area contributed by atoms with Gasteiger partial charge in [0, 0.05) is 47.8 Å². The van der Waals surface area contributed by atoms with E-state index in [2.05, 4.69) is 122 Å². The lowest BCUT2D eigenvalue weighted by atomic mass is 9.88. The molecule has 0 saturated carbocycles. The molecule has 1 fully saturated rings. The Labute approximate surface area is 239 Å². The van der Waals surface area contributed by atoms with Gasteiger partial charge in [-0.3, -0.25) is 9.69 Å². The minimum atomic E-state index is 0.0132. The number of amides is 1. The largest absolute Gasteiger partial charge is 0.369 e. The molecular weight excluding hydrogens is 546 g/mol. The first kappa shape index (κ1) is 25.8. The second kappa shape index (κ2) is 11.8. The summed E-state index contributed by atoms with van der Waals surface area (Å²) in [5.74, 6) is 0.445. The molecule has 2 heterocycles. The predicted molar refractivity (Wildman–Crippen MR) is 162 cm³/mol. The summed E-state index contributed by atoms with van der Waals surface area (Å²) in [4.78, 5) is 17.9. The molecule has 4 aromatic carbocycles. The van der Waals surface area contributed by atoms with E-state index in [0.29, 0.717) is 5.92 Å². The van der Waals surface area contributed by atoms with Gasteiger partial charge < -0.3 is 10.2 Å². The van der Waals surface area contributed by atoms with Gasteiger partial charge in [-0.05, 0) is 59.8 Å². The Kier molecular flexibility index (Phi) is 7.80. The van der Waals surface area contributed by atoms with E-state index in [9.17, 15) is 4.79 Å². The smallest absolute Gasteiger partial charge is 0.252 e. The van der Waals surface area contributed by atoms with Gasteiger partial charge in [0.25, 0.3) is 5.91 Å². The summed E-state index contributed by atoms with van der Waals surface area (Å²) in [7, 11) is 0. The van der Waals surface area contributed by atoms with E-state index in [-0.39, 0.29) is 11.9 Å². The monoisotopic (exact) mass is 579 g/mol. The maximum atomic E-state index is 12.9. The second-order valence-electron chi connectivity index (χ2n) is 10.6. The number of carbonyl (C=O) groups is 1. The Bertz CT molecular complexity index is 1380. The summed E-state index contributed by atoms with van der Waals surface area (Å²) >= 11 is 3.65. The van der Waals surface area contributed by atoms with E-state index in [1.165, 1.54) is 16.7 Å². The molecule has 0 aromatic heterocycles. The highest BCUT2D eigenvalue weighted by Crippen LogP contribution is 2.33. The van der Waals surface area contributed by atoms with Crippen molar-refractivity contribution >= 4 is 27.5 Å². The number of carbonyl (C=O) groups excluding carboxylic acids is 1. The van der Waals surface area contributed by atoms with Gasteiger partial charge in [-0.25, -0.2) is 0 Å². The highest BCUT2D eigenvalue weighted by atomic mass is 79.9. The number of rotatable bonds is 8. The van der Waals surface area contributed by atoms with Crippen LogP contribution in [0.3, 0.4) is 0 Å². The molecule has 1 N–H and O–H groups in total. The average molecular weight is 581 g/mol. The Morgan fingerprint density at radius 3 is 2.10 bits per heavy atom. The number of halogens is 1. The Balaban J connectivity index is 1.08. The van der Waals surface area contributed by atoms with Crippen LogP contribution in [0.15, 0.2) is 108 Å². The van der Waals surface area contributed by atoms with E-state index < -0.39 is 0 Å². The van der Waals surface area contributed by atoms with Gasteiger partial charge in [-0.1, -0.05) is 101 Å². The Hall–Kier alpha value is -3.41. The summed E-state index contributed by atoms with van der Waals surface area (Å²) < 4.78 is 1.08. The van der Waals surface area contributed by atoms with E-state index >= 15 is 0 Å². The minimum absolute atomic E-state index is 0.0132. The Morgan fingerprint density at radius 2 is 1.44 bits per heavy atom. The lowest BCUT2D eigenvalue weighted by molar-refractivity contribution is 0.0956. The molecule has 4 aromatic rings. The van der Waals surface area contributed by atoms with Gasteiger partial charge in [0.15, 0.2) is 0 Å². The minimum Gasteiger partial charge on any atom is -0.369 e. The molecule has 6 rings (SSSR count). The van der Waals surface area contributed by atoms with Crippen LogP contribution < -0.4 is 10.2 Å². The molecule has 4 nitrogen and oxygen atoms in total. The van der Waals surface area contributed by atoms with Crippen molar-refractivity contribution < 1.29 is 4.79 Å². The van der Waals surface area contributed by atoms with Crippen LogP contribution in [0, 0.1) is 0 Å². The number of benzene rings is 4. The molecule has 0 radical (unpaired) electrons. The first-order valence-electron chi connectivity index (χ1n) is 13.9. The van der Waals surface area contributed by atoms with Crippen LogP contribution in [-0.4, -0.2) is 43.5 Å². The van der Waals surface area contributed by atoms with Gasteiger partial charge in [-0.15, -0.1) is 0 Å². The zero-order chi connectivity index (χ0) is 26.6. The third kappa shape index (κ3) is 5.80. The van der Waals surface area contributed by atoms with Gasteiger partial charge in [0.2, 0.25) is 0 Å². The van der Waals surface area contributed by atoms with Crippen LogP contribution in [0.4, 0.5) is 5.69 Å². The number of piperazine rings is 1. The third-order valence-corrected chi connectivity index (χ3v) is 8.99. The van der Waals surface area contributed by atoms with Crippen molar-refractivity contribution in [1.29, 1.82) is 0 Å². The van der Waals surface area contributed by atoms with E-state index in [1.807, 2.05) is 12.1 Å². The quantitative estimate of drug-likeness (QED) is 0.249. The van der Waals surface area contributed by atoms with Crippen molar-refractivity contribution in [2.45, 2.75) is 24.8 Å². The van der Waals surface area contributed by atoms with Crippen LogP contribution in [0.2, 0.25) is 0 Å². The van der Waals surface area contributed by atoms with Gasteiger partial charge in [-0.2, -0.15) is 0 Å². The molecule has 1 amide bonds. The number of fused-ring (bicyclic) bond motifs is 1. The van der Waals surface area contributed by atoms with Gasteiger partial charge >= 0.3 is 0 Å². The third-order valence-electron chi connectivity index (χ3n) is 8.22. The van der Waals surface area contributed by atoms with E-state index in [4.69, 9.17) is 0 Å². The van der Waals surface area contributed by atoms with Crippen molar-refractivity contribution in [2.75, 3.05) is 37.6 Å². The molecule has 0 bridgehead atoms. The summed E-state index contributed by atoms with van der Waals surface area (Å²) in [5.41, 5.74) is 7.05. The molecule has 0 spiro atoms. The fraction of sp³-hybridized carbons (Fsp3) is 0.265. The molecule has 1 unspecified atom stereocenters. The van der Waals surface area contributed by atoms with Crippen LogP contribution in [0.1, 0.15) is 51.0 Å². The number of hydrogen-bond acceptors (Lipinski definition) is 3. The zero-order valence-electron chi connectivity index (χ0n) is 22.1. The van der Waals surface area contributed by atoms with Crippen LogP contribution in [0.25, 0.3) is 0 Å². The lowest BCUT2D eigenvalue weighted by Gasteiger charge is -2.37. The summed E-state index contributed by atoms with van der Waals surface area (Å²) in [6, 6.07) is 36.5. The number of nitrogens with one attached hydrogen (secondary N) is 1. The van der Waals surface area contributed by atoms with Crippen molar-refractivity contribution in [3.63, 3.8) is 0 Å². The first-order chi connectivity index (χ1) is 19.2. The van der Waals surface area contributed by atoms with Crippen molar-refractivity contribution in [3.8, 4) is 0 Å². The van der Waals surface area contributed by atoms with E-state index in [0.717, 1.165) is 66.9 Å². The van der Waals surface area contributed by atoms with Crippen LogP contribution >= 0.6 is 15.9 Å². The van der Waals surface area contributed by atoms with Gasteiger partial charge in [0.05, 0.1) is 6.04 Å². The van der Waals surface area contributed by atoms with Crippen molar-refractivity contribution in [1.82, 2.24) is 10.2 Å². The van der Waals surface area contributed by atoms with Crippen molar-refractivity contribution in [2.24, 2.45) is 0 Å². The second-order valence-corrected chi connectivity index (χ2v) is 11.4. The zero-order valence-corrected chi connectivity index (χ0v) is 23.7. The number of nitrogens with zero attached hydrogens (tertiary/aromatic N) is 2. The Morgan fingerprint density at radius 1 is 0.795 bits per heavy atom. The fourth-order valence-corrected chi connectivity index (χ4v) is 6.48. The maximum absolute atomic E-state index is 12.9. The summed E-state index contributed by atoms with van der Waals surface area (Å²) in [6.45, 7) is 5.09. The maximum Gasteiger partial charge on any atom is 0.252 e. The summed E-state index contributed by atoms with van der Waals surface area (Å²) in [5, 5.41) is 3.20. The molecule has 5 heteroatoms. The molecule has 198 valence electrons. The van der Waals surface area contributed by atoms with Crippen molar-refractivity contribution in [3.05, 3.63) is 135 Å². The normalized spacial score (nSPS) is 17.3. The molecule has 2 aliphatic rings. The average Bonchev–Trinajstić information content (AvgIpc) is 3.30.